The van der Waals surface area contributed by atoms with Gasteiger partial charge < -0.3 is 20.8 Å². The van der Waals surface area contributed by atoms with E-state index in [1.807, 2.05) is 0 Å². The minimum Gasteiger partial charge on any atom is -0.481 e. The quantitative estimate of drug-likeness (QED) is 0.459. The lowest BCUT2D eigenvalue weighted by Gasteiger charge is -2.17. The SMILES string of the molecule is CC(NC(=O)N[C@@H](CCC(=O)O)C(=O)O)C(=O)CCCF. The molecule has 8 nitrogen and oxygen atoms in total. The Morgan fingerprint density at radius 2 is 1.71 bits per heavy atom. The Kier molecular flexibility index (Phi) is 8.66. The standard InChI is InChI=1S/C12H19FN2O6/c1-7(9(16)3-2-6-13)14-12(21)15-8(11(19)20)4-5-10(17)18/h7-8H,2-6H2,1H3,(H,17,18)(H,19,20)(H2,14,15,21)/t7?,8-/m0/s1. The molecule has 0 radical (unpaired) electrons. The van der Waals surface area contributed by atoms with Gasteiger partial charge in [-0.3, -0.25) is 14.0 Å². The summed E-state index contributed by atoms with van der Waals surface area (Å²) in [5.41, 5.74) is 0. The van der Waals surface area contributed by atoms with Gasteiger partial charge in [-0.05, 0) is 19.8 Å². The maximum absolute atomic E-state index is 11.9. The van der Waals surface area contributed by atoms with Crippen molar-refractivity contribution in [1.29, 1.82) is 0 Å². The Morgan fingerprint density at radius 3 is 2.19 bits per heavy atom. The number of halogens is 1. The Hall–Kier alpha value is -2.19. The molecule has 0 spiro atoms. The van der Waals surface area contributed by atoms with Crippen molar-refractivity contribution in [2.75, 3.05) is 6.67 Å². The maximum atomic E-state index is 11.9. The predicted octanol–water partition coefficient (Wildman–Crippen LogP) is 0.311. The first-order valence-electron chi connectivity index (χ1n) is 6.38. The molecule has 0 fully saturated rings. The number of aliphatic carboxylic acids is 2. The average molecular weight is 306 g/mol. The summed E-state index contributed by atoms with van der Waals surface area (Å²) in [6.07, 6.45) is -0.660. The summed E-state index contributed by atoms with van der Waals surface area (Å²) in [7, 11) is 0. The normalized spacial score (nSPS) is 13.0. The fourth-order valence-electron chi connectivity index (χ4n) is 1.46. The van der Waals surface area contributed by atoms with E-state index >= 15 is 0 Å². The number of carboxylic acid groups (broad SMARTS) is 2. The molecule has 0 aliphatic rings. The monoisotopic (exact) mass is 306 g/mol. The van der Waals surface area contributed by atoms with Crippen molar-refractivity contribution in [3.63, 3.8) is 0 Å². The molecule has 2 atom stereocenters. The molecule has 0 aromatic heterocycles. The second kappa shape index (κ2) is 9.67. The molecule has 0 bridgehead atoms. The molecule has 120 valence electrons. The van der Waals surface area contributed by atoms with E-state index in [4.69, 9.17) is 10.2 Å². The van der Waals surface area contributed by atoms with Crippen LogP contribution in [0.1, 0.15) is 32.6 Å². The van der Waals surface area contributed by atoms with Crippen molar-refractivity contribution >= 4 is 23.8 Å². The number of alkyl halides is 1. The second-order valence-corrected chi connectivity index (χ2v) is 4.42. The number of nitrogens with one attached hydrogen (secondary N) is 2. The van der Waals surface area contributed by atoms with E-state index in [1.54, 1.807) is 0 Å². The predicted molar refractivity (Wildman–Crippen MR) is 69.6 cm³/mol. The van der Waals surface area contributed by atoms with Gasteiger partial charge in [-0.15, -0.1) is 0 Å². The van der Waals surface area contributed by atoms with Crippen LogP contribution in [-0.4, -0.2) is 52.7 Å². The number of carbonyl (C=O) groups is 4. The number of urea groups is 1. The third-order valence-electron chi connectivity index (χ3n) is 2.64. The molecule has 0 saturated heterocycles. The van der Waals surface area contributed by atoms with Gasteiger partial charge in [0, 0.05) is 12.8 Å². The van der Waals surface area contributed by atoms with Gasteiger partial charge in [0.1, 0.15) is 6.04 Å². The van der Waals surface area contributed by atoms with E-state index in [0.717, 1.165) is 0 Å². The Labute approximate surface area is 120 Å². The summed E-state index contributed by atoms with van der Waals surface area (Å²) in [4.78, 5) is 44.2. The molecule has 4 N–H and O–H groups in total. The second-order valence-electron chi connectivity index (χ2n) is 4.42. The highest BCUT2D eigenvalue weighted by atomic mass is 19.1. The Morgan fingerprint density at radius 1 is 1.10 bits per heavy atom. The van der Waals surface area contributed by atoms with Gasteiger partial charge in [0.05, 0.1) is 12.7 Å². The molecule has 0 rings (SSSR count). The highest BCUT2D eigenvalue weighted by Gasteiger charge is 2.22. The third kappa shape index (κ3) is 8.56. The molecule has 0 aliphatic carbocycles. The van der Waals surface area contributed by atoms with Crippen LogP contribution in [-0.2, 0) is 14.4 Å². The molecule has 0 aliphatic heterocycles. The molecule has 21 heavy (non-hydrogen) atoms. The number of hydrogen-bond donors (Lipinski definition) is 4. The number of carboxylic acids is 2. The molecule has 0 aromatic rings. The van der Waals surface area contributed by atoms with Gasteiger partial charge in [0.15, 0.2) is 5.78 Å². The van der Waals surface area contributed by atoms with Crippen LogP contribution in [0, 0.1) is 0 Å². The molecular weight excluding hydrogens is 287 g/mol. The molecule has 0 saturated carbocycles. The van der Waals surface area contributed by atoms with E-state index < -0.39 is 43.1 Å². The smallest absolute Gasteiger partial charge is 0.326 e. The fourth-order valence-corrected chi connectivity index (χ4v) is 1.46. The first kappa shape index (κ1) is 18.8. The van der Waals surface area contributed by atoms with Crippen LogP contribution in [0.4, 0.5) is 9.18 Å². The number of carbonyl (C=O) groups excluding carboxylic acids is 2. The lowest BCUT2D eigenvalue weighted by Crippen LogP contribution is -2.50. The van der Waals surface area contributed by atoms with E-state index in [1.165, 1.54) is 6.92 Å². The lowest BCUT2D eigenvalue weighted by atomic mass is 10.1. The summed E-state index contributed by atoms with van der Waals surface area (Å²) < 4.78 is 11.9. The summed E-state index contributed by atoms with van der Waals surface area (Å²) in [5.74, 6) is -2.93. The van der Waals surface area contributed by atoms with Crippen LogP contribution < -0.4 is 10.6 Å². The van der Waals surface area contributed by atoms with Crippen LogP contribution in [0.3, 0.4) is 0 Å². The molecule has 2 amide bonds. The van der Waals surface area contributed by atoms with Gasteiger partial charge in [-0.1, -0.05) is 0 Å². The van der Waals surface area contributed by atoms with Gasteiger partial charge in [0.25, 0.3) is 0 Å². The van der Waals surface area contributed by atoms with E-state index in [-0.39, 0.29) is 25.0 Å². The average Bonchev–Trinajstić information content (AvgIpc) is 2.39. The minimum atomic E-state index is -1.37. The van der Waals surface area contributed by atoms with Crippen molar-refractivity contribution in [3.05, 3.63) is 0 Å². The summed E-state index contributed by atoms with van der Waals surface area (Å²) in [6, 6.07) is -3.14. The largest absolute Gasteiger partial charge is 0.481 e. The fraction of sp³-hybridized carbons (Fsp3) is 0.667. The summed E-state index contributed by atoms with van der Waals surface area (Å²) in [6.45, 7) is 0.758. The number of Topliss-reactive ketones (excluding diaryl/α,β-unsaturated/α-hetero) is 1. The number of rotatable bonds is 10. The van der Waals surface area contributed by atoms with Gasteiger partial charge in [-0.2, -0.15) is 0 Å². The first-order chi connectivity index (χ1) is 9.77. The zero-order chi connectivity index (χ0) is 16.4. The van der Waals surface area contributed by atoms with Crippen molar-refractivity contribution in [2.24, 2.45) is 0 Å². The highest BCUT2D eigenvalue weighted by molar-refractivity contribution is 5.89. The van der Waals surface area contributed by atoms with E-state index in [2.05, 4.69) is 10.6 Å². The third-order valence-corrected chi connectivity index (χ3v) is 2.64. The van der Waals surface area contributed by atoms with Crippen LogP contribution in [0.5, 0.6) is 0 Å². The van der Waals surface area contributed by atoms with Crippen molar-refractivity contribution in [2.45, 2.75) is 44.7 Å². The van der Waals surface area contributed by atoms with Crippen LogP contribution in [0.15, 0.2) is 0 Å². The lowest BCUT2D eigenvalue weighted by molar-refractivity contribution is -0.140. The van der Waals surface area contributed by atoms with E-state index in [9.17, 15) is 23.6 Å². The molecule has 0 heterocycles. The topological polar surface area (TPSA) is 133 Å². The summed E-state index contributed by atoms with van der Waals surface area (Å²) >= 11 is 0. The van der Waals surface area contributed by atoms with Crippen LogP contribution in [0.2, 0.25) is 0 Å². The molecule has 1 unspecified atom stereocenters. The first-order valence-corrected chi connectivity index (χ1v) is 6.38. The van der Waals surface area contributed by atoms with Crippen LogP contribution in [0.25, 0.3) is 0 Å². The van der Waals surface area contributed by atoms with Crippen molar-refractivity contribution in [1.82, 2.24) is 10.6 Å². The summed E-state index contributed by atoms with van der Waals surface area (Å²) in [5, 5.41) is 21.6. The number of ketones is 1. The molecule has 9 heteroatoms. The zero-order valence-corrected chi connectivity index (χ0v) is 11.6. The maximum Gasteiger partial charge on any atom is 0.326 e. The van der Waals surface area contributed by atoms with Crippen LogP contribution >= 0.6 is 0 Å². The zero-order valence-electron chi connectivity index (χ0n) is 11.6. The highest BCUT2D eigenvalue weighted by Crippen LogP contribution is 2.00. The molecular formula is C12H19FN2O6. The van der Waals surface area contributed by atoms with Gasteiger partial charge >= 0.3 is 18.0 Å². The van der Waals surface area contributed by atoms with Crippen molar-refractivity contribution in [3.8, 4) is 0 Å². The Balaban J connectivity index is 4.33. The van der Waals surface area contributed by atoms with E-state index in [0.29, 0.717) is 0 Å². The van der Waals surface area contributed by atoms with Gasteiger partial charge in [0.2, 0.25) is 0 Å². The number of hydrogen-bond acceptors (Lipinski definition) is 4. The number of amides is 2. The van der Waals surface area contributed by atoms with Crippen molar-refractivity contribution < 1.29 is 33.8 Å². The molecule has 0 aromatic carbocycles. The Bertz CT molecular complexity index is 401. The minimum absolute atomic E-state index is 0.0285. The van der Waals surface area contributed by atoms with Gasteiger partial charge in [-0.25, -0.2) is 9.59 Å².